The third-order valence-electron chi connectivity index (χ3n) is 3.10. The molecular weight excluding hydrogens is 342 g/mol. The molecule has 0 N–H and O–H groups in total. The Morgan fingerprint density at radius 1 is 1.35 bits per heavy atom. The van der Waals surface area contributed by atoms with Crippen LogP contribution in [0.3, 0.4) is 0 Å². The van der Waals surface area contributed by atoms with Crippen LogP contribution in [0, 0.1) is 6.92 Å². The summed E-state index contributed by atoms with van der Waals surface area (Å²) in [5, 5.41) is 0.385. The van der Waals surface area contributed by atoms with Crippen LogP contribution in [0.15, 0.2) is 39.2 Å². The van der Waals surface area contributed by atoms with Gasteiger partial charge in [-0.1, -0.05) is 33.6 Å². The van der Waals surface area contributed by atoms with Crippen molar-refractivity contribution in [3.05, 3.63) is 51.0 Å². The standard InChI is InChI=1S/C15H9BrClNO2/c1-8-10(3-2-4-11(8)16)15-18-13-6-9(7-19)5-12(17)14(13)20-15/h2-7H,1H3. The zero-order valence-corrected chi connectivity index (χ0v) is 12.8. The molecule has 0 atom stereocenters. The number of oxazole rings is 1. The van der Waals surface area contributed by atoms with E-state index in [1.807, 2.05) is 25.1 Å². The molecule has 0 aliphatic rings. The van der Waals surface area contributed by atoms with Crippen molar-refractivity contribution in [2.75, 3.05) is 0 Å². The Bertz CT molecular complexity index is 826. The maximum atomic E-state index is 10.9. The lowest BCUT2D eigenvalue weighted by molar-refractivity contribution is 0.112. The van der Waals surface area contributed by atoms with E-state index in [4.69, 9.17) is 16.0 Å². The summed E-state index contributed by atoms with van der Waals surface area (Å²) in [5.74, 6) is 0.490. The molecule has 5 heteroatoms. The van der Waals surface area contributed by atoms with E-state index in [0.29, 0.717) is 27.6 Å². The van der Waals surface area contributed by atoms with Crippen LogP contribution in [0.4, 0.5) is 0 Å². The molecule has 20 heavy (non-hydrogen) atoms. The smallest absolute Gasteiger partial charge is 0.227 e. The van der Waals surface area contributed by atoms with Crippen molar-refractivity contribution >= 4 is 44.9 Å². The van der Waals surface area contributed by atoms with Gasteiger partial charge >= 0.3 is 0 Å². The number of benzene rings is 2. The molecule has 0 amide bonds. The third-order valence-corrected chi connectivity index (χ3v) is 4.24. The van der Waals surface area contributed by atoms with Gasteiger partial charge in [-0.3, -0.25) is 4.79 Å². The Kier molecular flexibility index (Phi) is 3.36. The van der Waals surface area contributed by atoms with Crippen LogP contribution in [0.1, 0.15) is 15.9 Å². The lowest BCUT2D eigenvalue weighted by Gasteiger charge is -2.02. The Balaban J connectivity index is 2.25. The lowest BCUT2D eigenvalue weighted by atomic mass is 10.1. The average molecular weight is 351 g/mol. The summed E-state index contributed by atoms with van der Waals surface area (Å²) in [6.45, 7) is 1.98. The molecule has 3 aromatic rings. The van der Waals surface area contributed by atoms with Crippen molar-refractivity contribution in [1.29, 1.82) is 0 Å². The number of hydrogen-bond acceptors (Lipinski definition) is 3. The summed E-state index contributed by atoms with van der Waals surface area (Å²) in [7, 11) is 0. The fraction of sp³-hybridized carbons (Fsp3) is 0.0667. The summed E-state index contributed by atoms with van der Waals surface area (Å²) in [6, 6.07) is 9.03. The SMILES string of the molecule is Cc1c(Br)cccc1-c1nc2cc(C=O)cc(Cl)c2o1. The number of aromatic nitrogens is 1. The molecule has 0 fully saturated rings. The number of halogens is 2. The number of aldehydes is 1. The van der Waals surface area contributed by atoms with Crippen molar-refractivity contribution in [2.24, 2.45) is 0 Å². The van der Waals surface area contributed by atoms with Crippen molar-refractivity contribution in [3.63, 3.8) is 0 Å². The van der Waals surface area contributed by atoms with Crippen LogP contribution in [0.25, 0.3) is 22.6 Å². The monoisotopic (exact) mass is 349 g/mol. The molecule has 3 rings (SSSR count). The molecule has 0 radical (unpaired) electrons. The second-order valence-corrected chi connectivity index (χ2v) is 5.66. The van der Waals surface area contributed by atoms with Crippen molar-refractivity contribution in [2.45, 2.75) is 6.92 Å². The Labute approximate surface area is 128 Å². The van der Waals surface area contributed by atoms with E-state index in [2.05, 4.69) is 20.9 Å². The minimum atomic E-state index is 0.385. The normalized spacial score (nSPS) is 10.9. The van der Waals surface area contributed by atoms with Gasteiger partial charge in [0, 0.05) is 15.6 Å². The topological polar surface area (TPSA) is 43.1 Å². The lowest BCUT2D eigenvalue weighted by Crippen LogP contribution is -1.84. The maximum Gasteiger partial charge on any atom is 0.227 e. The molecule has 0 aliphatic heterocycles. The average Bonchev–Trinajstić information content (AvgIpc) is 2.86. The molecule has 3 nitrogen and oxygen atoms in total. The Hall–Kier alpha value is -1.65. The summed E-state index contributed by atoms with van der Waals surface area (Å²) in [5.41, 5.74) is 3.47. The van der Waals surface area contributed by atoms with E-state index >= 15 is 0 Å². The van der Waals surface area contributed by atoms with Crippen molar-refractivity contribution in [3.8, 4) is 11.5 Å². The van der Waals surface area contributed by atoms with Gasteiger partial charge in [0.1, 0.15) is 11.8 Å². The molecule has 0 saturated carbocycles. The summed E-state index contributed by atoms with van der Waals surface area (Å²) >= 11 is 9.59. The maximum absolute atomic E-state index is 10.9. The molecule has 0 spiro atoms. The second kappa shape index (κ2) is 5.04. The molecule has 2 aromatic carbocycles. The first kappa shape index (κ1) is 13.3. The summed E-state index contributed by atoms with van der Waals surface area (Å²) in [6.07, 6.45) is 0.740. The van der Waals surface area contributed by atoms with E-state index in [0.717, 1.165) is 21.9 Å². The van der Waals surface area contributed by atoms with Gasteiger partial charge < -0.3 is 4.42 Å². The van der Waals surface area contributed by atoms with E-state index in [1.165, 1.54) is 0 Å². The first-order chi connectivity index (χ1) is 9.60. The van der Waals surface area contributed by atoms with Crippen LogP contribution in [-0.2, 0) is 0 Å². The van der Waals surface area contributed by atoms with Crippen LogP contribution in [0.5, 0.6) is 0 Å². The molecule has 1 aromatic heterocycles. The van der Waals surface area contributed by atoms with Gasteiger partial charge in [-0.15, -0.1) is 0 Å². The van der Waals surface area contributed by atoms with Crippen LogP contribution in [-0.4, -0.2) is 11.3 Å². The van der Waals surface area contributed by atoms with Crippen LogP contribution >= 0.6 is 27.5 Å². The molecule has 0 aliphatic carbocycles. The van der Waals surface area contributed by atoms with Crippen LogP contribution < -0.4 is 0 Å². The number of carbonyl (C=O) groups excluding carboxylic acids is 1. The molecule has 100 valence electrons. The van der Waals surface area contributed by atoms with E-state index in [1.54, 1.807) is 12.1 Å². The van der Waals surface area contributed by atoms with Crippen molar-refractivity contribution in [1.82, 2.24) is 4.98 Å². The number of hydrogen-bond donors (Lipinski definition) is 0. The van der Waals surface area contributed by atoms with Gasteiger partial charge in [-0.2, -0.15) is 0 Å². The number of carbonyl (C=O) groups is 1. The van der Waals surface area contributed by atoms with E-state index < -0.39 is 0 Å². The predicted molar refractivity (Wildman–Crippen MR) is 82.3 cm³/mol. The van der Waals surface area contributed by atoms with Gasteiger partial charge in [0.2, 0.25) is 5.89 Å². The highest BCUT2D eigenvalue weighted by molar-refractivity contribution is 9.10. The zero-order chi connectivity index (χ0) is 14.3. The quantitative estimate of drug-likeness (QED) is 0.609. The largest absolute Gasteiger partial charge is 0.434 e. The second-order valence-electron chi connectivity index (χ2n) is 4.40. The summed E-state index contributed by atoms with van der Waals surface area (Å²) in [4.78, 5) is 15.3. The van der Waals surface area contributed by atoms with E-state index in [9.17, 15) is 4.79 Å². The molecule has 1 heterocycles. The van der Waals surface area contributed by atoms with Gasteiger partial charge in [0.25, 0.3) is 0 Å². The molecule has 0 bridgehead atoms. The molecular formula is C15H9BrClNO2. The van der Waals surface area contributed by atoms with E-state index in [-0.39, 0.29) is 0 Å². The van der Waals surface area contributed by atoms with Gasteiger partial charge in [-0.25, -0.2) is 4.98 Å². The fourth-order valence-corrected chi connectivity index (χ4v) is 2.66. The highest BCUT2D eigenvalue weighted by Gasteiger charge is 2.14. The fourth-order valence-electron chi connectivity index (χ4n) is 2.03. The number of fused-ring (bicyclic) bond motifs is 1. The van der Waals surface area contributed by atoms with Gasteiger partial charge in [-0.05, 0) is 36.8 Å². The minimum absolute atomic E-state index is 0.385. The minimum Gasteiger partial charge on any atom is -0.434 e. The van der Waals surface area contributed by atoms with Crippen LogP contribution in [0.2, 0.25) is 5.02 Å². The summed E-state index contributed by atoms with van der Waals surface area (Å²) < 4.78 is 6.72. The number of nitrogens with zero attached hydrogens (tertiary/aromatic N) is 1. The highest BCUT2D eigenvalue weighted by atomic mass is 79.9. The van der Waals surface area contributed by atoms with Crippen molar-refractivity contribution < 1.29 is 9.21 Å². The first-order valence-corrected chi connectivity index (χ1v) is 7.08. The van der Waals surface area contributed by atoms with Gasteiger partial charge in [0.15, 0.2) is 5.58 Å². The Morgan fingerprint density at radius 3 is 2.90 bits per heavy atom. The van der Waals surface area contributed by atoms with Gasteiger partial charge in [0.05, 0.1) is 5.02 Å². The highest BCUT2D eigenvalue weighted by Crippen LogP contribution is 2.33. The first-order valence-electron chi connectivity index (χ1n) is 5.91. The zero-order valence-electron chi connectivity index (χ0n) is 10.5. The number of rotatable bonds is 2. The predicted octanol–water partition coefficient (Wildman–Crippen LogP) is 5.03. The molecule has 0 saturated heterocycles. The third kappa shape index (κ3) is 2.15. The Morgan fingerprint density at radius 2 is 2.15 bits per heavy atom. The molecule has 0 unspecified atom stereocenters.